The maximum atomic E-state index is 13.1. The zero-order valence-corrected chi connectivity index (χ0v) is 21.8. The monoisotopic (exact) mass is 568 g/mol. The van der Waals surface area contributed by atoms with E-state index < -0.39 is 19.1 Å². The van der Waals surface area contributed by atoms with Crippen molar-refractivity contribution in [2.45, 2.75) is 43.8 Å². The van der Waals surface area contributed by atoms with Crippen molar-refractivity contribution in [2.24, 2.45) is 18.9 Å². The molecule has 0 amide bonds. The molecule has 1 aromatic heterocycles. The Morgan fingerprint density at radius 2 is 1.62 bits per heavy atom. The molecule has 3 aliphatic rings. The summed E-state index contributed by atoms with van der Waals surface area (Å²) in [5, 5.41) is 4.65. The second-order valence-corrected chi connectivity index (χ2v) is 11.5. The molecule has 2 fully saturated rings. The smallest absolute Gasteiger partial charge is 0.406 e. The van der Waals surface area contributed by atoms with Gasteiger partial charge in [0.2, 0.25) is 0 Å². The van der Waals surface area contributed by atoms with Crippen LogP contribution in [0.3, 0.4) is 0 Å². The molecule has 12 heteroatoms. The maximum Gasteiger partial charge on any atom is 0.573 e. The standard InChI is InChI=1S/C27H26F6N4OS/c1-36-24(16-4-8-22(9-5-16)38-27(31,32)33)13-23(34-36)18-3-2-17-11-20-6-7-21(12-19(17)10-18)25(20)14-37(39-35-25)15-26(28,29)30/h2-5,8-10,13,20-21,35H,6-7,11-12,14-15H2,1H3/t20-,21+,25+/m0/s1. The number of aromatic nitrogens is 2. The third kappa shape index (κ3) is 5.26. The number of fused-ring (bicyclic) bond motifs is 1. The summed E-state index contributed by atoms with van der Waals surface area (Å²) in [5.41, 5.74) is 5.19. The van der Waals surface area contributed by atoms with Crippen molar-refractivity contribution in [1.82, 2.24) is 18.8 Å². The van der Waals surface area contributed by atoms with E-state index in [1.807, 2.05) is 12.1 Å². The Labute approximate surface area is 225 Å². The van der Waals surface area contributed by atoms with E-state index >= 15 is 0 Å². The first kappa shape index (κ1) is 26.5. The van der Waals surface area contributed by atoms with Crippen LogP contribution in [0.25, 0.3) is 22.5 Å². The van der Waals surface area contributed by atoms with Crippen molar-refractivity contribution >= 4 is 12.1 Å². The molecular formula is C27H26F6N4OS. The van der Waals surface area contributed by atoms with Crippen molar-refractivity contribution in [1.29, 1.82) is 0 Å². The first-order valence-electron chi connectivity index (χ1n) is 12.7. The van der Waals surface area contributed by atoms with E-state index in [1.165, 1.54) is 27.6 Å². The molecule has 0 radical (unpaired) electrons. The number of nitrogens with one attached hydrogen (secondary N) is 1. The highest BCUT2D eigenvalue weighted by molar-refractivity contribution is 7.95. The van der Waals surface area contributed by atoms with Gasteiger partial charge in [-0.25, -0.2) is 9.03 Å². The van der Waals surface area contributed by atoms with Crippen molar-refractivity contribution in [2.75, 3.05) is 13.1 Å². The topological polar surface area (TPSA) is 42.3 Å². The lowest BCUT2D eigenvalue weighted by Gasteiger charge is -2.34. The summed E-state index contributed by atoms with van der Waals surface area (Å²) in [5.74, 6) is 0.218. The Kier molecular flexibility index (Phi) is 6.42. The van der Waals surface area contributed by atoms with Crippen LogP contribution in [0.4, 0.5) is 26.3 Å². The minimum absolute atomic E-state index is 0.237. The number of rotatable bonds is 4. The van der Waals surface area contributed by atoms with Crippen molar-refractivity contribution in [3.63, 3.8) is 0 Å². The largest absolute Gasteiger partial charge is 0.573 e. The fourth-order valence-electron chi connectivity index (χ4n) is 6.45. The highest BCUT2D eigenvalue weighted by Crippen LogP contribution is 2.52. The predicted octanol–water partition coefficient (Wildman–Crippen LogP) is 6.55. The highest BCUT2D eigenvalue weighted by Gasteiger charge is 2.56. The number of aryl methyl sites for hydroxylation is 1. The van der Waals surface area contributed by atoms with Crippen LogP contribution in [0.5, 0.6) is 5.75 Å². The first-order chi connectivity index (χ1) is 18.4. The van der Waals surface area contributed by atoms with Crippen molar-refractivity contribution in [3.05, 3.63) is 59.7 Å². The quantitative estimate of drug-likeness (QED) is 0.286. The van der Waals surface area contributed by atoms with Crippen LogP contribution < -0.4 is 9.46 Å². The predicted molar refractivity (Wildman–Crippen MR) is 135 cm³/mol. The molecule has 3 atom stereocenters. The zero-order valence-electron chi connectivity index (χ0n) is 20.9. The first-order valence-corrected chi connectivity index (χ1v) is 13.4. The number of nitrogens with zero attached hydrogens (tertiary/aromatic N) is 3. The number of hydrogen-bond donors (Lipinski definition) is 1. The van der Waals surface area contributed by atoms with Crippen molar-refractivity contribution < 1.29 is 31.1 Å². The second kappa shape index (κ2) is 9.45. The SMILES string of the molecule is Cn1nc(-c2ccc3c(c2)C[C@H]2CC[C@@H](C3)[C@]23CN(CC(F)(F)F)SN3)cc1-c1ccc(OC(F)(F)F)cc1. The summed E-state index contributed by atoms with van der Waals surface area (Å²) in [6.07, 6.45) is -5.41. The molecule has 1 saturated heterocycles. The molecule has 2 heterocycles. The normalized spacial score (nSPS) is 25.2. The minimum Gasteiger partial charge on any atom is -0.406 e. The van der Waals surface area contributed by atoms with Gasteiger partial charge in [0.1, 0.15) is 12.3 Å². The van der Waals surface area contributed by atoms with Crippen LogP contribution >= 0.6 is 12.1 Å². The maximum absolute atomic E-state index is 13.1. The van der Waals surface area contributed by atoms with Gasteiger partial charge < -0.3 is 4.74 Å². The summed E-state index contributed by atoms with van der Waals surface area (Å²) in [6.45, 7) is -0.549. The summed E-state index contributed by atoms with van der Waals surface area (Å²) in [7, 11) is 1.78. The molecule has 39 heavy (non-hydrogen) atoms. The van der Waals surface area contributed by atoms with Gasteiger partial charge in [0, 0.05) is 42.4 Å². The van der Waals surface area contributed by atoms with Gasteiger partial charge >= 0.3 is 12.5 Å². The van der Waals surface area contributed by atoms with E-state index in [4.69, 9.17) is 0 Å². The Hall–Kier alpha value is -2.70. The van der Waals surface area contributed by atoms with Gasteiger partial charge in [-0.2, -0.15) is 18.3 Å². The number of ether oxygens (including phenoxy) is 1. The van der Waals surface area contributed by atoms with Crippen LogP contribution in [0.1, 0.15) is 24.0 Å². The van der Waals surface area contributed by atoms with E-state index in [1.54, 1.807) is 23.9 Å². The lowest BCUT2D eigenvalue weighted by atomic mass is 9.79. The van der Waals surface area contributed by atoms with Gasteiger partial charge in [0.15, 0.2) is 0 Å². The van der Waals surface area contributed by atoms with Crippen LogP contribution in [-0.4, -0.2) is 45.3 Å². The third-order valence-electron chi connectivity index (χ3n) is 8.18. The zero-order chi connectivity index (χ0) is 27.6. The van der Waals surface area contributed by atoms with E-state index in [-0.39, 0.29) is 23.1 Å². The van der Waals surface area contributed by atoms with E-state index in [2.05, 4.69) is 26.7 Å². The van der Waals surface area contributed by atoms with E-state index in [9.17, 15) is 26.3 Å². The molecule has 1 spiro atoms. The Bertz CT molecular complexity index is 1370. The van der Waals surface area contributed by atoms with Crippen LogP contribution in [0.15, 0.2) is 48.5 Å². The van der Waals surface area contributed by atoms with Crippen LogP contribution in [0, 0.1) is 11.8 Å². The summed E-state index contributed by atoms with van der Waals surface area (Å²) < 4.78 is 87.1. The molecule has 208 valence electrons. The van der Waals surface area contributed by atoms with Gasteiger partial charge in [-0.3, -0.25) is 4.68 Å². The summed E-state index contributed by atoms with van der Waals surface area (Å²) in [4.78, 5) is 0. The molecule has 2 bridgehead atoms. The molecule has 1 aliphatic heterocycles. The number of alkyl halides is 6. The molecule has 3 aromatic rings. The Balaban J connectivity index is 1.23. The molecule has 6 rings (SSSR count). The Morgan fingerprint density at radius 1 is 0.949 bits per heavy atom. The minimum atomic E-state index is -4.75. The molecular weight excluding hydrogens is 542 g/mol. The molecule has 2 aliphatic carbocycles. The molecule has 0 unspecified atom stereocenters. The molecule has 5 nitrogen and oxygen atoms in total. The van der Waals surface area contributed by atoms with Gasteiger partial charge in [-0.05, 0) is 85.0 Å². The highest BCUT2D eigenvalue weighted by atomic mass is 32.2. The van der Waals surface area contributed by atoms with Gasteiger partial charge in [-0.15, -0.1) is 13.2 Å². The van der Waals surface area contributed by atoms with Crippen molar-refractivity contribution in [3.8, 4) is 28.3 Å². The van der Waals surface area contributed by atoms with Gasteiger partial charge in [0.25, 0.3) is 0 Å². The van der Waals surface area contributed by atoms with Gasteiger partial charge in [-0.1, -0.05) is 12.1 Å². The average molecular weight is 569 g/mol. The lowest BCUT2D eigenvalue weighted by Crippen LogP contribution is -2.51. The Morgan fingerprint density at radius 3 is 2.28 bits per heavy atom. The fourth-order valence-corrected chi connectivity index (χ4v) is 7.64. The number of hydrogen-bond acceptors (Lipinski definition) is 5. The fraction of sp³-hybridized carbons (Fsp3) is 0.444. The lowest BCUT2D eigenvalue weighted by molar-refractivity contribution is -0.274. The molecule has 1 saturated carbocycles. The van der Waals surface area contributed by atoms with Crippen LogP contribution in [-0.2, 0) is 19.9 Å². The second-order valence-electron chi connectivity index (χ2n) is 10.6. The van der Waals surface area contributed by atoms with Gasteiger partial charge in [0.05, 0.1) is 11.4 Å². The van der Waals surface area contributed by atoms with E-state index in [0.717, 1.165) is 54.8 Å². The summed E-state index contributed by atoms with van der Waals surface area (Å²) >= 11 is 1.10. The molecule has 2 aromatic carbocycles. The number of benzene rings is 2. The average Bonchev–Trinajstić information content (AvgIpc) is 3.48. The van der Waals surface area contributed by atoms with Crippen LogP contribution in [0.2, 0.25) is 0 Å². The van der Waals surface area contributed by atoms with E-state index in [0.29, 0.717) is 12.1 Å². The summed E-state index contributed by atoms with van der Waals surface area (Å²) in [6, 6.07) is 13.8. The third-order valence-corrected chi connectivity index (χ3v) is 9.16. The molecule has 1 N–H and O–H groups in total. The number of halogens is 6.